The molecule has 4 nitrogen and oxygen atoms in total. The van der Waals surface area contributed by atoms with Gasteiger partial charge < -0.3 is 10.6 Å². The number of nitrogens with zero attached hydrogens (tertiary/aromatic N) is 2. The summed E-state index contributed by atoms with van der Waals surface area (Å²) < 4.78 is 0. The number of nitrogens with one attached hydrogen (secondary N) is 2. The van der Waals surface area contributed by atoms with Gasteiger partial charge in [-0.2, -0.15) is 0 Å². The predicted molar refractivity (Wildman–Crippen MR) is 76.0 cm³/mol. The van der Waals surface area contributed by atoms with Crippen molar-refractivity contribution < 1.29 is 0 Å². The number of aryl methyl sites for hydroxylation is 1. The minimum Gasteiger partial charge on any atom is -0.373 e. The molecule has 1 saturated carbocycles. The van der Waals surface area contributed by atoms with Crippen molar-refractivity contribution in [3.8, 4) is 0 Å². The van der Waals surface area contributed by atoms with Crippen LogP contribution in [0.3, 0.4) is 0 Å². The van der Waals surface area contributed by atoms with Crippen molar-refractivity contribution >= 4 is 11.6 Å². The van der Waals surface area contributed by atoms with E-state index < -0.39 is 0 Å². The Hall–Kier alpha value is -1.32. The van der Waals surface area contributed by atoms with E-state index in [2.05, 4.69) is 27.5 Å². The molecule has 2 N–H and O–H groups in total. The van der Waals surface area contributed by atoms with Crippen LogP contribution in [0.4, 0.5) is 11.6 Å². The Labute approximate surface area is 110 Å². The molecule has 1 aromatic rings. The van der Waals surface area contributed by atoms with Gasteiger partial charge in [0.1, 0.15) is 17.5 Å². The minimum absolute atomic E-state index is 0.901. The van der Waals surface area contributed by atoms with Gasteiger partial charge in [-0.15, -0.1) is 0 Å². The Morgan fingerprint density at radius 1 is 1.28 bits per heavy atom. The van der Waals surface area contributed by atoms with Crippen molar-refractivity contribution in [2.75, 3.05) is 24.2 Å². The Balaban J connectivity index is 1.85. The molecule has 0 spiro atoms. The standard InChI is InChI=1S/C14H24N4/c1-3-5-12-17-13(15-2)10-14(18-12)16-9-4-6-11-7-8-11/h10-11H,3-9H2,1-2H3,(H2,15,16,17,18). The first kappa shape index (κ1) is 13.1. The van der Waals surface area contributed by atoms with E-state index >= 15 is 0 Å². The molecule has 1 aliphatic carbocycles. The van der Waals surface area contributed by atoms with E-state index in [-0.39, 0.29) is 0 Å². The second-order valence-corrected chi connectivity index (χ2v) is 5.07. The second-order valence-electron chi connectivity index (χ2n) is 5.07. The fraction of sp³-hybridized carbons (Fsp3) is 0.714. The molecular weight excluding hydrogens is 224 g/mol. The summed E-state index contributed by atoms with van der Waals surface area (Å²) in [5.74, 6) is 3.79. The highest BCUT2D eigenvalue weighted by Gasteiger charge is 2.19. The van der Waals surface area contributed by atoms with E-state index in [1.54, 1.807) is 0 Å². The molecular formula is C14H24N4. The molecule has 0 aliphatic heterocycles. The van der Waals surface area contributed by atoms with Crippen molar-refractivity contribution in [1.82, 2.24) is 9.97 Å². The fourth-order valence-corrected chi connectivity index (χ4v) is 2.06. The molecule has 2 rings (SSSR count). The maximum Gasteiger partial charge on any atom is 0.133 e. The van der Waals surface area contributed by atoms with Crippen molar-refractivity contribution in [2.24, 2.45) is 5.92 Å². The average molecular weight is 248 g/mol. The van der Waals surface area contributed by atoms with Gasteiger partial charge in [0.25, 0.3) is 0 Å². The first-order valence-corrected chi connectivity index (χ1v) is 7.11. The summed E-state index contributed by atoms with van der Waals surface area (Å²) in [5, 5.41) is 6.50. The molecule has 0 radical (unpaired) electrons. The molecule has 18 heavy (non-hydrogen) atoms. The molecule has 0 saturated heterocycles. The Kier molecular flexibility index (Phi) is 4.79. The summed E-state index contributed by atoms with van der Waals surface area (Å²) in [5.41, 5.74) is 0. The first-order valence-electron chi connectivity index (χ1n) is 7.11. The van der Waals surface area contributed by atoms with Crippen LogP contribution >= 0.6 is 0 Å². The molecule has 1 fully saturated rings. The Morgan fingerprint density at radius 2 is 2.06 bits per heavy atom. The van der Waals surface area contributed by atoms with Crippen LogP contribution in [0.1, 0.15) is 44.9 Å². The summed E-state index contributed by atoms with van der Waals surface area (Å²) in [6, 6.07) is 1.98. The topological polar surface area (TPSA) is 49.8 Å². The van der Waals surface area contributed by atoms with Gasteiger partial charge >= 0.3 is 0 Å². The molecule has 100 valence electrons. The van der Waals surface area contributed by atoms with Gasteiger partial charge in [0.05, 0.1) is 0 Å². The normalized spacial score (nSPS) is 14.6. The molecule has 4 heteroatoms. The lowest BCUT2D eigenvalue weighted by molar-refractivity contribution is 0.686. The molecule has 0 bridgehead atoms. The largest absolute Gasteiger partial charge is 0.373 e. The van der Waals surface area contributed by atoms with Crippen LogP contribution in [0.15, 0.2) is 6.07 Å². The maximum atomic E-state index is 4.54. The summed E-state index contributed by atoms with van der Waals surface area (Å²) in [6.07, 6.45) is 7.50. The van der Waals surface area contributed by atoms with Gasteiger partial charge in [0, 0.05) is 26.1 Å². The van der Waals surface area contributed by atoms with E-state index in [0.29, 0.717) is 0 Å². The quantitative estimate of drug-likeness (QED) is 0.694. The average Bonchev–Trinajstić information content (AvgIpc) is 3.19. The third kappa shape index (κ3) is 4.17. The minimum atomic E-state index is 0.901. The number of hydrogen-bond donors (Lipinski definition) is 2. The van der Waals surface area contributed by atoms with Crippen molar-refractivity contribution in [1.29, 1.82) is 0 Å². The third-order valence-corrected chi connectivity index (χ3v) is 3.29. The summed E-state index contributed by atoms with van der Waals surface area (Å²) >= 11 is 0. The van der Waals surface area contributed by atoms with Crippen molar-refractivity contribution in [3.05, 3.63) is 11.9 Å². The smallest absolute Gasteiger partial charge is 0.133 e. The zero-order valence-corrected chi connectivity index (χ0v) is 11.5. The number of rotatable bonds is 8. The van der Waals surface area contributed by atoms with Gasteiger partial charge in [-0.05, 0) is 25.2 Å². The van der Waals surface area contributed by atoms with Gasteiger partial charge in [0.15, 0.2) is 0 Å². The lowest BCUT2D eigenvalue weighted by atomic mass is 10.2. The molecule has 0 unspecified atom stereocenters. The van der Waals surface area contributed by atoms with Crippen LogP contribution in [0, 0.1) is 5.92 Å². The summed E-state index contributed by atoms with van der Waals surface area (Å²) in [7, 11) is 1.90. The predicted octanol–water partition coefficient (Wildman–Crippen LogP) is 3.07. The monoisotopic (exact) mass is 248 g/mol. The lowest BCUT2D eigenvalue weighted by Gasteiger charge is -2.09. The van der Waals surface area contributed by atoms with E-state index in [1.807, 2.05) is 13.1 Å². The first-order chi connectivity index (χ1) is 8.81. The molecule has 0 atom stereocenters. The Morgan fingerprint density at radius 3 is 2.72 bits per heavy atom. The fourth-order valence-electron chi connectivity index (χ4n) is 2.06. The summed E-state index contributed by atoms with van der Waals surface area (Å²) in [6.45, 7) is 3.17. The molecule has 1 heterocycles. The number of anilines is 2. The zero-order chi connectivity index (χ0) is 12.8. The van der Waals surface area contributed by atoms with Gasteiger partial charge in [-0.25, -0.2) is 9.97 Å². The second kappa shape index (κ2) is 6.57. The lowest BCUT2D eigenvalue weighted by Crippen LogP contribution is -2.08. The molecule has 1 aromatic heterocycles. The van der Waals surface area contributed by atoms with Gasteiger partial charge in [-0.3, -0.25) is 0 Å². The van der Waals surface area contributed by atoms with Crippen LogP contribution in [-0.2, 0) is 6.42 Å². The van der Waals surface area contributed by atoms with Crippen molar-refractivity contribution in [3.63, 3.8) is 0 Å². The van der Waals surface area contributed by atoms with Gasteiger partial charge in [-0.1, -0.05) is 19.8 Å². The van der Waals surface area contributed by atoms with Crippen LogP contribution in [0.2, 0.25) is 0 Å². The van der Waals surface area contributed by atoms with E-state index in [4.69, 9.17) is 0 Å². The van der Waals surface area contributed by atoms with Crippen LogP contribution in [0.25, 0.3) is 0 Å². The summed E-state index contributed by atoms with van der Waals surface area (Å²) in [4.78, 5) is 8.99. The SMILES string of the molecule is CCCc1nc(NC)cc(NCCCC2CC2)n1. The van der Waals surface area contributed by atoms with Gasteiger partial charge in [0.2, 0.25) is 0 Å². The molecule has 0 amide bonds. The molecule has 1 aliphatic rings. The van der Waals surface area contributed by atoms with Crippen LogP contribution < -0.4 is 10.6 Å². The van der Waals surface area contributed by atoms with Crippen LogP contribution in [-0.4, -0.2) is 23.6 Å². The van der Waals surface area contributed by atoms with Crippen molar-refractivity contribution in [2.45, 2.75) is 45.4 Å². The van der Waals surface area contributed by atoms with Crippen LogP contribution in [0.5, 0.6) is 0 Å². The van der Waals surface area contributed by atoms with E-state index in [0.717, 1.165) is 42.8 Å². The maximum absolute atomic E-state index is 4.54. The highest BCUT2D eigenvalue weighted by Crippen LogP contribution is 2.33. The van der Waals surface area contributed by atoms with E-state index in [9.17, 15) is 0 Å². The number of aromatic nitrogens is 2. The third-order valence-electron chi connectivity index (χ3n) is 3.29. The molecule has 0 aromatic carbocycles. The Bertz CT molecular complexity index is 374. The highest BCUT2D eigenvalue weighted by atomic mass is 15.1. The zero-order valence-electron chi connectivity index (χ0n) is 11.5. The highest BCUT2D eigenvalue weighted by molar-refractivity contribution is 5.47. The van der Waals surface area contributed by atoms with E-state index in [1.165, 1.54) is 25.7 Å². The number of hydrogen-bond acceptors (Lipinski definition) is 4.